The molecular formula is C38H46N4O5. The molecule has 0 amide bonds. The van der Waals surface area contributed by atoms with E-state index < -0.39 is 11.7 Å². The van der Waals surface area contributed by atoms with Crippen molar-refractivity contribution >= 4 is 10.9 Å². The molecule has 0 saturated heterocycles. The predicted molar refractivity (Wildman–Crippen MR) is 185 cm³/mol. The number of aliphatic hydroxyl groups is 2. The number of phenols is 1. The minimum absolute atomic E-state index is 0.00989. The Morgan fingerprint density at radius 1 is 1.02 bits per heavy atom. The normalized spacial score (nSPS) is 15.1. The number of benzene rings is 2. The van der Waals surface area contributed by atoms with E-state index >= 15 is 0 Å². The topological polar surface area (TPSA) is 135 Å². The summed E-state index contributed by atoms with van der Waals surface area (Å²) in [4.78, 5) is 21.0. The van der Waals surface area contributed by atoms with E-state index in [0.29, 0.717) is 29.6 Å². The molecule has 2 aromatic carbocycles. The monoisotopic (exact) mass is 638 g/mol. The second-order valence-electron chi connectivity index (χ2n) is 12.3. The zero-order chi connectivity index (χ0) is 33.1. The van der Waals surface area contributed by atoms with Crippen molar-refractivity contribution in [3.8, 4) is 5.75 Å². The van der Waals surface area contributed by atoms with E-state index in [0.717, 1.165) is 68.5 Å². The van der Waals surface area contributed by atoms with Crippen molar-refractivity contribution in [1.29, 1.82) is 0 Å². The lowest BCUT2D eigenvalue weighted by atomic mass is 9.85. The van der Waals surface area contributed by atoms with Gasteiger partial charge in [-0.1, -0.05) is 92.5 Å². The number of nitrogens with one attached hydrogen (secondary N) is 2. The van der Waals surface area contributed by atoms with Gasteiger partial charge < -0.3 is 30.0 Å². The first-order valence-corrected chi connectivity index (χ1v) is 16.6. The van der Waals surface area contributed by atoms with Crippen LogP contribution in [-0.4, -0.2) is 56.9 Å². The SMILES string of the molecule is CN(CCCCCCCCNCC(O)c1ccc(O)c2[nH]c(=O)ccc12)Cc1cnc(C(O)(C2=CCC=CC=C2)c2ccccc2)o1. The minimum Gasteiger partial charge on any atom is -0.506 e. The fourth-order valence-corrected chi connectivity index (χ4v) is 6.07. The molecule has 0 saturated carbocycles. The van der Waals surface area contributed by atoms with Gasteiger partial charge in [-0.25, -0.2) is 4.98 Å². The molecule has 2 heterocycles. The number of oxazole rings is 1. The maximum absolute atomic E-state index is 12.0. The van der Waals surface area contributed by atoms with Gasteiger partial charge in [0, 0.05) is 18.0 Å². The summed E-state index contributed by atoms with van der Waals surface area (Å²) < 4.78 is 6.18. The lowest BCUT2D eigenvalue weighted by Crippen LogP contribution is -2.29. The molecule has 47 heavy (non-hydrogen) atoms. The zero-order valence-electron chi connectivity index (χ0n) is 27.1. The maximum atomic E-state index is 12.0. The third-order valence-electron chi connectivity index (χ3n) is 8.64. The van der Waals surface area contributed by atoms with Crippen LogP contribution in [0.3, 0.4) is 0 Å². The summed E-state index contributed by atoms with van der Waals surface area (Å²) >= 11 is 0. The minimum atomic E-state index is -1.47. The van der Waals surface area contributed by atoms with E-state index in [1.807, 2.05) is 60.7 Å². The number of nitrogens with zero attached hydrogens (tertiary/aromatic N) is 2. The van der Waals surface area contributed by atoms with Gasteiger partial charge in [0.2, 0.25) is 11.4 Å². The number of hydrogen-bond donors (Lipinski definition) is 5. The van der Waals surface area contributed by atoms with E-state index in [4.69, 9.17) is 4.42 Å². The molecule has 9 nitrogen and oxygen atoms in total. The van der Waals surface area contributed by atoms with E-state index in [1.165, 1.54) is 18.6 Å². The number of aromatic hydroxyl groups is 1. The van der Waals surface area contributed by atoms with Gasteiger partial charge in [-0.3, -0.25) is 9.69 Å². The maximum Gasteiger partial charge on any atom is 0.248 e. The Labute approximate surface area is 276 Å². The van der Waals surface area contributed by atoms with E-state index in [9.17, 15) is 20.1 Å². The first-order valence-electron chi connectivity index (χ1n) is 16.6. The zero-order valence-corrected chi connectivity index (χ0v) is 27.1. The van der Waals surface area contributed by atoms with Crippen LogP contribution in [0.15, 0.2) is 106 Å². The fourth-order valence-electron chi connectivity index (χ4n) is 6.07. The predicted octanol–water partition coefficient (Wildman–Crippen LogP) is 6.00. The lowest BCUT2D eigenvalue weighted by Gasteiger charge is -2.27. The van der Waals surface area contributed by atoms with Crippen molar-refractivity contribution in [1.82, 2.24) is 20.2 Å². The van der Waals surface area contributed by atoms with Crippen molar-refractivity contribution in [3.63, 3.8) is 0 Å². The summed E-state index contributed by atoms with van der Waals surface area (Å²) in [5.41, 5.74) is 0.713. The van der Waals surface area contributed by atoms with Crippen LogP contribution >= 0.6 is 0 Å². The fraction of sp³-hybridized carbons (Fsp3) is 0.368. The van der Waals surface area contributed by atoms with Gasteiger partial charge in [-0.05, 0) is 68.2 Å². The van der Waals surface area contributed by atoms with Crippen LogP contribution < -0.4 is 10.9 Å². The molecule has 0 radical (unpaired) electrons. The quantitative estimate of drug-likeness (QED) is 0.0890. The summed E-state index contributed by atoms with van der Waals surface area (Å²) in [6.07, 6.45) is 18.3. The smallest absolute Gasteiger partial charge is 0.248 e. The number of aromatic nitrogens is 2. The number of allylic oxidation sites excluding steroid dienone is 4. The molecule has 4 aromatic rings. The Morgan fingerprint density at radius 2 is 1.81 bits per heavy atom. The molecule has 2 aromatic heterocycles. The highest BCUT2D eigenvalue weighted by Crippen LogP contribution is 2.38. The number of unbranched alkanes of at least 4 members (excludes halogenated alkanes) is 5. The molecule has 5 N–H and O–H groups in total. The molecule has 5 rings (SSSR count). The van der Waals surface area contributed by atoms with Crippen LogP contribution in [-0.2, 0) is 12.1 Å². The highest BCUT2D eigenvalue weighted by molar-refractivity contribution is 5.87. The molecule has 248 valence electrons. The summed E-state index contributed by atoms with van der Waals surface area (Å²) in [5, 5.41) is 36.7. The number of phenolic OH excluding ortho intramolecular Hbond substituents is 1. The lowest BCUT2D eigenvalue weighted by molar-refractivity contribution is 0.0890. The molecule has 0 aliphatic heterocycles. The summed E-state index contributed by atoms with van der Waals surface area (Å²) in [6, 6.07) is 15.8. The largest absolute Gasteiger partial charge is 0.506 e. The molecule has 1 aliphatic rings. The number of hydrogen-bond acceptors (Lipinski definition) is 8. The van der Waals surface area contributed by atoms with E-state index in [-0.39, 0.29) is 17.2 Å². The van der Waals surface area contributed by atoms with Gasteiger partial charge in [-0.15, -0.1) is 0 Å². The van der Waals surface area contributed by atoms with Gasteiger partial charge in [0.05, 0.1) is 24.4 Å². The van der Waals surface area contributed by atoms with Crippen molar-refractivity contribution in [2.24, 2.45) is 0 Å². The molecule has 1 aliphatic carbocycles. The van der Waals surface area contributed by atoms with Crippen molar-refractivity contribution in [3.05, 3.63) is 130 Å². The second-order valence-corrected chi connectivity index (χ2v) is 12.3. The third-order valence-corrected chi connectivity index (χ3v) is 8.64. The van der Waals surface area contributed by atoms with Crippen LogP contribution in [0.5, 0.6) is 5.75 Å². The molecule has 2 unspecified atom stereocenters. The van der Waals surface area contributed by atoms with Crippen molar-refractivity contribution in [2.45, 2.75) is 63.2 Å². The average Bonchev–Trinajstić information content (AvgIpc) is 3.37. The van der Waals surface area contributed by atoms with Crippen molar-refractivity contribution in [2.75, 3.05) is 26.7 Å². The number of H-pyrrole nitrogens is 1. The molecule has 0 spiro atoms. The first kappa shape index (κ1) is 34.1. The van der Waals surface area contributed by atoms with Crippen molar-refractivity contribution < 1.29 is 19.7 Å². The summed E-state index contributed by atoms with van der Waals surface area (Å²) in [7, 11) is 2.08. The van der Waals surface area contributed by atoms with Crippen LogP contribution in [0.2, 0.25) is 0 Å². The Balaban J connectivity index is 0.989. The molecule has 2 atom stereocenters. The molecule has 0 fully saturated rings. The number of rotatable bonds is 17. The highest BCUT2D eigenvalue weighted by Gasteiger charge is 2.39. The van der Waals surface area contributed by atoms with Crippen LogP contribution in [0, 0.1) is 0 Å². The number of aromatic amines is 1. The standard InChI is InChI=1S/C38H46N4O5/c1-42(27-30-25-40-37(47-30)38(46,29-17-11-8-12-18-29)28-15-9-4-5-10-16-28)24-14-7-3-2-6-13-23-39-26-34(44)31-19-21-33(43)36-32(31)20-22-35(45)41-36/h4-5,8-9,11-12,15-22,25,34,39,43-44,46H,2-3,6-7,10,13-14,23-24,26-27H2,1H3,(H,41,45). The first-order chi connectivity index (χ1) is 22.9. The number of pyridine rings is 1. The molecule has 0 bridgehead atoms. The van der Waals surface area contributed by atoms with Crippen LogP contribution in [0.25, 0.3) is 10.9 Å². The molecule has 9 heteroatoms. The summed E-state index contributed by atoms with van der Waals surface area (Å²) in [5.74, 6) is 0.990. The van der Waals surface area contributed by atoms with Gasteiger partial charge in [0.25, 0.3) is 0 Å². The number of fused-ring (bicyclic) bond motifs is 1. The number of aliphatic hydroxyl groups excluding tert-OH is 1. The third kappa shape index (κ3) is 8.75. The highest BCUT2D eigenvalue weighted by atomic mass is 16.4. The Hall–Kier alpha value is -4.28. The van der Waals surface area contributed by atoms with Crippen LogP contribution in [0.4, 0.5) is 0 Å². The van der Waals surface area contributed by atoms with E-state index in [2.05, 4.69) is 27.2 Å². The van der Waals surface area contributed by atoms with Crippen LogP contribution in [0.1, 0.15) is 73.8 Å². The van der Waals surface area contributed by atoms with Gasteiger partial charge in [0.15, 0.2) is 5.60 Å². The second kappa shape index (κ2) is 16.5. The van der Waals surface area contributed by atoms with E-state index in [1.54, 1.807) is 18.3 Å². The summed E-state index contributed by atoms with van der Waals surface area (Å²) in [6.45, 7) is 2.77. The van der Waals surface area contributed by atoms with Gasteiger partial charge in [0.1, 0.15) is 11.5 Å². The average molecular weight is 639 g/mol. The Bertz CT molecular complexity index is 1740. The van der Waals surface area contributed by atoms with Gasteiger partial charge in [-0.2, -0.15) is 0 Å². The Kier molecular flexibility index (Phi) is 12.0. The van der Waals surface area contributed by atoms with Gasteiger partial charge >= 0.3 is 0 Å². The molecular weight excluding hydrogens is 592 g/mol. The Morgan fingerprint density at radius 3 is 2.64 bits per heavy atom.